The summed E-state index contributed by atoms with van der Waals surface area (Å²) < 4.78 is 1.76. The van der Waals surface area contributed by atoms with Crippen molar-refractivity contribution in [1.82, 2.24) is 14.8 Å². The van der Waals surface area contributed by atoms with Crippen LogP contribution in [-0.4, -0.2) is 37.3 Å². The molecule has 3 rings (SSSR count). The Morgan fingerprint density at radius 3 is 2.53 bits per heavy atom. The topological polar surface area (TPSA) is 132 Å². The van der Waals surface area contributed by atoms with Crippen LogP contribution in [0.3, 0.4) is 0 Å². The summed E-state index contributed by atoms with van der Waals surface area (Å²) in [6, 6.07) is 9.51. The zero-order valence-electron chi connectivity index (χ0n) is 18.8. The first-order chi connectivity index (χ1) is 16.2. The molecule has 0 saturated heterocycles. The summed E-state index contributed by atoms with van der Waals surface area (Å²) in [5, 5.41) is 25.3. The van der Waals surface area contributed by atoms with Crippen molar-refractivity contribution in [2.45, 2.75) is 38.9 Å². The number of carbonyl (C=O) groups is 2. The number of thioether (sulfide) groups is 1. The lowest BCUT2D eigenvalue weighted by Crippen LogP contribution is -2.18. The number of aryl methyl sites for hydroxylation is 2. The Morgan fingerprint density at radius 2 is 1.85 bits per heavy atom. The van der Waals surface area contributed by atoms with E-state index < -0.39 is 10.8 Å². The molecule has 0 aliphatic heterocycles. The maximum absolute atomic E-state index is 12.5. The lowest BCUT2D eigenvalue weighted by Gasteiger charge is -2.10. The van der Waals surface area contributed by atoms with Crippen LogP contribution in [0.5, 0.6) is 0 Å². The number of non-ortho nitro benzene ring substituents is 1. The molecule has 1 aromatic heterocycles. The van der Waals surface area contributed by atoms with Crippen molar-refractivity contribution in [2.75, 3.05) is 16.4 Å². The van der Waals surface area contributed by atoms with Crippen molar-refractivity contribution in [3.8, 4) is 0 Å². The standard InChI is InChI=1S/C22H23ClN6O4S/c1-4-28-19(11-20(30)24-15-6-5-13(2)14(3)9-15)26-27-22(28)34-12-21(31)25-18-10-16(29(32)33)7-8-17(18)23/h5-10H,4,11-12H2,1-3H3,(H,24,30)(H,25,31). The fraction of sp³-hybridized carbons (Fsp3) is 0.273. The van der Waals surface area contributed by atoms with E-state index in [9.17, 15) is 19.7 Å². The predicted octanol–water partition coefficient (Wildman–Crippen LogP) is 4.39. The zero-order chi connectivity index (χ0) is 24.8. The molecule has 0 unspecified atom stereocenters. The van der Waals surface area contributed by atoms with Gasteiger partial charge < -0.3 is 15.2 Å². The number of nitro groups is 1. The van der Waals surface area contributed by atoms with E-state index in [1.54, 1.807) is 4.57 Å². The first kappa shape index (κ1) is 25.2. The largest absolute Gasteiger partial charge is 0.326 e. The smallest absolute Gasteiger partial charge is 0.271 e. The van der Waals surface area contributed by atoms with E-state index in [1.165, 1.54) is 18.2 Å². The van der Waals surface area contributed by atoms with Gasteiger partial charge in [-0.2, -0.15) is 0 Å². The number of carbonyl (C=O) groups excluding carboxylic acids is 2. The normalized spacial score (nSPS) is 10.7. The molecular weight excluding hydrogens is 480 g/mol. The molecule has 0 fully saturated rings. The predicted molar refractivity (Wildman–Crippen MR) is 131 cm³/mol. The number of nitrogens with one attached hydrogen (secondary N) is 2. The van der Waals surface area contributed by atoms with Crippen molar-refractivity contribution in [2.24, 2.45) is 0 Å². The van der Waals surface area contributed by atoms with Crippen LogP contribution in [0.1, 0.15) is 23.9 Å². The van der Waals surface area contributed by atoms with Crippen LogP contribution in [0, 0.1) is 24.0 Å². The molecular formula is C22H23ClN6O4S. The third kappa shape index (κ3) is 6.33. The molecule has 2 amide bonds. The molecule has 2 N–H and O–H groups in total. The number of anilines is 2. The fourth-order valence-electron chi connectivity index (χ4n) is 3.08. The molecule has 10 nitrogen and oxygen atoms in total. The van der Waals surface area contributed by atoms with Gasteiger partial charge in [0, 0.05) is 24.4 Å². The summed E-state index contributed by atoms with van der Waals surface area (Å²) >= 11 is 7.17. The minimum Gasteiger partial charge on any atom is -0.326 e. The van der Waals surface area contributed by atoms with Gasteiger partial charge in [-0.05, 0) is 50.1 Å². The number of nitro benzene ring substituents is 1. The maximum Gasteiger partial charge on any atom is 0.271 e. The van der Waals surface area contributed by atoms with E-state index in [4.69, 9.17) is 11.6 Å². The first-order valence-corrected chi connectivity index (χ1v) is 11.7. The second-order valence-electron chi connectivity index (χ2n) is 7.43. The number of aromatic nitrogens is 3. The first-order valence-electron chi connectivity index (χ1n) is 10.3. The summed E-state index contributed by atoms with van der Waals surface area (Å²) in [6.07, 6.45) is 0.0316. The molecule has 0 bridgehead atoms. The second kappa shape index (κ2) is 11.1. The number of nitrogens with zero attached hydrogens (tertiary/aromatic N) is 4. The number of benzene rings is 2. The molecule has 178 valence electrons. The number of hydrogen-bond acceptors (Lipinski definition) is 7. The molecule has 12 heteroatoms. The Labute approximate surface area is 205 Å². The van der Waals surface area contributed by atoms with Crippen molar-refractivity contribution in [3.63, 3.8) is 0 Å². The summed E-state index contributed by atoms with van der Waals surface area (Å²) in [5.74, 6) is -0.174. The van der Waals surface area contributed by atoms with Crippen molar-refractivity contribution in [3.05, 3.63) is 68.5 Å². The maximum atomic E-state index is 12.5. The summed E-state index contributed by atoms with van der Waals surface area (Å²) in [7, 11) is 0. The van der Waals surface area contributed by atoms with Gasteiger partial charge in [0.05, 0.1) is 27.8 Å². The van der Waals surface area contributed by atoms with E-state index >= 15 is 0 Å². The molecule has 0 radical (unpaired) electrons. The van der Waals surface area contributed by atoms with Crippen molar-refractivity contribution < 1.29 is 14.5 Å². The summed E-state index contributed by atoms with van der Waals surface area (Å²) in [4.78, 5) is 35.3. The molecule has 3 aromatic rings. The highest BCUT2D eigenvalue weighted by Gasteiger charge is 2.17. The van der Waals surface area contributed by atoms with Gasteiger partial charge in [-0.25, -0.2) is 0 Å². The van der Waals surface area contributed by atoms with Crippen LogP contribution in [-0.2, 0) is 22.6 Å². The van der Waals surface area contributed by atoms with Gasteiger partial charge in [-0.3, -0.25) is 19.7 Å². The van der Waals surface area contributed by atoms with Gasteiger partial charge in [0.25, 0.3) is 5.69 Å². The van der Waals surface area contributed by atoms with Crippen LogP contribution in [0.2, 0.25) is 5.02 Å². The van der Waals surface area contributed by atoms with Crippen LogP contribution in [0.25, 0.3) is 0 Å². The minimum atomic E-state index is -0.567. The average Bonchev–Trinajstić information content (AvgIpc) is 3.17. The molecule has 0 aliphatic carbocycles. The molecule has 34 heavy (non-hydrogen) atoms. The lowest BCUT2D eigenvalue weighted by atomic mass is 10.1. The SMILES string of the molecule is CCn1c(CC(=O)Nc2ccc(C)c(C)c2)nnc1SCC(=O)Nc1cc([N+](=O)[O-])ccc1Cl. The molecule has 2 aromatic carbocycles. The van der Waals surface area contributed by atoms with E-state index in [0.29, 0.717) is 23.2 Å². The van der Waals surface area contributed by atoms with Crippen LogP contribution < -0.4 is 10.6 Å². The van der Waals surface area contributed by atoms with Gasteiger partial charge in [0.15, 0.2) is 5.16 Å². The average molecular weight is 503 g/mol. The van der Waals surface area contributed by atoms with Gasteiger partial charge >= 0.3 is 0 Å². The Kier molecular flexibility index (Phi) is 8.24. The third-order valence-corrected chi connectivity index (χ3v) is 6.28. The van der Waals surface area contributed by atoms with Crippen LogP contribution >= 0.6 is 23.4 Å². The summed E-state index contributed by atoms with van der Waals surface area (Å²) in [6.45, 7) is 6.38. The molecule has 0 atom stereocenters. The highest BCUT2D eigenvalue weighted by molar-refractivity contribution is 7.99. The Bertz CT molecular complexity index is 1250. The van der Waals surface area contributed by atoms with E-state index in [2.05, 4.69) is 20.8 Å². The van der Waals surface area contributed by atoms with Gasteiger partial charge in [0.2, 0.25) is 11.8 Å². The Morgan fingerprint density at radius 1 is 1.09 bits per heavy atom. The van der Waals surface area contributed by atoms with E-state index in [0.717, 1.165) is 22.9 Å². The Hall–Kier alpha value is -3.44. The van der Waals surface area contributed by atoms with Gasteiger partial charge in [0.1, 0.15) is 5.82 Å². The molecule has 0 saturated carbocycles. The number of hydrogen-bond donors (Lipinski definition) is 2. The second-order valence-corrected chi connectivity index (χ2v) is 8.77. The number of rotatable bonds is 9. The van der Waals surface area contributed by atoms with Gasteiger partial charge in [-0.1, -0.05) is 29.4 Å². The van der Waals surface area contributed by atoms with Crippen molar-refractivity contribution in [1.29, 1.82) is 0 Å². The van der Waals surface area contributed by atoms with Gasteiger partial charge in [-0.15, -0.1) is 10.2 Å². The molecule has 1 heterocycles. The molecule has 0 aliphatic rings. The monoisotopic (exact) mass is 502 g/mol. The fourth-order valence-corrected chi connectivity index (χ4v) is 4.07. The Balaban J connectivity index is 1.61. The van der Waals surface area contributed by atoms with Crippen molar-refractivity contribution >= 4 is 52.2 Å². The zero-order valence-corrected chi connectivity index (χ0v) is 20.4. The minimum absolute atomic E-state index is 0.0218. The van der Waals surface area contributed by atoms with E-state index in [-0.39, 0.29) is 34.5 Å². The van der Waals surface area contributed by atoms with E-state index in [1.807, 2.05) is 39.0 Å². The summed E-state index contributed by atoms with van der Waals surface area (Å²) in [5.41, 5.74) is 2.91. The number of halogens is 1. The molecule has 0 spiro atoms. The highest BCUT2D eigenvalue weighted by Crippen LogP contribution is 2.27. The highest BCUT2D eigenvalue weighted by atomic mass is 35.5. The number of amides is 2. The van der Waals surface area contributed by atoms with Crippen LogP contribution in [0.15, 0.2) is 41.6 Å². The third-order valence-electron chi connectivity index (χ3n) is 4.99. The quantitative estimate of drug-likeness (QED) is 0.252. The van der Waals surface area contributed by atoms with Crippen LogP contribution in [0.4, 0.5) is 17.1 Å². The lowest BCUT2D eigenvalue weighted by molar-refractivity contribution is -0.384.